The summed E-state index contributed by atoms with van der Waals surface area (Å²) >= 11 is 0. The molecule has 0 bridgehead atoms. The summed E-state index contributed by atoms with van der Waals surface area (Å²) in [5.41, 5.74) is 1.94. The van der Waals surface area contributed by atoms with E-state index < -0.39 is 6.04 Å². The van der Waals surface area contributed by atoms with Crippen LogP contribution in [0.15, 0.2) is 48.5 Å². The van der Waals surface area contributed by atoms with Crippen LogP contribution in [0, 0.1) is 5.82 Å². The zero-order valence-corrected chi connectivity index (χ0v) is 18.3. The van der Waals surface area contributed by atoms with E-state index in [1.807, 2.05) is 24.3 Å². The number of aryl methyl sites for hydroxylation is 1. The van der Waals surface area contributed by atoms with Gasteiger partial charge in [-0.25, -0.2) is 4.39 Å². The van der Waals surface area contributed by atoms with E-state index in [-0.39, 0.29) is 36.8 Å². The van der Waals surface area contributed by atoms with E-state index in [1.54, 1.807) is 19.1 Å². The summed E-state index contributed by atoms with van der Waals surface area (Å²) < 4.78 is 19.0. The highest BCUT2D eigenvalue weighted by atomic mass is 19.1. The first-order valence-electron chi connectivity index (χ1n) is 11.0. The molecule has 5 nitrogen and oxygen atoms in total. The lowest BCUT2D eigenvalue weighted by atomic mass is 10.1. The van der Waals surface area contributed by atoms with Gasteiger partial charge in [0.25, 0.3) is 5.91 Å². The average molecular weight is 427 g/mol. The van der Waals surface area contributed by atoms with Gasteiger partial charge in [0.1, 0.15) is 17.6 Å². The van der Waals surface area contributed by atoms with Gasteiger partial charge in [0.2, 0.25) is 5.91 Å². The monoisotopic (exact) mass is 426 g/mol. The molecule has 2 amide bonds. The van der Waals surface area contributed by atoms with Crippen LogP contribution >= 0.6 is 0 Å². The Balaban J connectivity index is 1.68. The van der Waals surface area contributed by atoms with E-state index in [9.17, 15) is 14.0 Å². The van der Waals surface area contributed by atoms with Crippen molar-refractivity contribution in [3.05, 3.63) is 65.5 Å². The largest absolute Gasteiger partial charge is 0.484 e. The minimum absolute atomic E-state index is 0.172. The van der Waals surface area contributed by atoms with Gasteiger partial charge in [-0.05, 0) is 61.6 Å². The maximum Gasteiger partial charge on any atom is 0.261 e. The highest BCUT2D eigenvalue weighted by Crippen LogP contribution is 2.19. The molecule has 0 aromatic heterocycles. The number of nitrogens with zero attached hydrogens (tertiary/aromatic N) is 1. The summed E-state index contributed by atoms with van der Waals surface area (Å²) in [4.78, 5) is 27.4. The number of benzene rings is 2. The number of rotatable bonds is 9. The van der Waals surface area contributed by atoms with Crippen LogP contribution in [0.25, 0.3) is 0 Å². The number of hydrogen-bond acceptors (Lipinski definition) is 3. The highest BCUT2D eigenvalue weighted by molar-refractivity contribution is 5.88. The molecule has 0 saturated heterocycles. The molecule has 6 heteroatoms. The maximum atomic E-state index is 13.3. The van der Waals surface area contributed by atoms with Crippen molar-refractivity contribution in [2.45, 2.75) is 64.6 Å². The smallest absolute Gasteiger partial charge is 0.261 e. The fourth-order valence-electron chi connectivity index (χ4n) is 3.81. The molecule has 2 aromatic rings. The molecular formula is C25H31FN2O3. The fourth-order valence-corrected chi connectivity index (χ4v) is 3.81. The summed E-state index contributed by atoms with van der Waals surface area (Å²) in [6.07, 6.45) is 5.10. The van der Waals surface area contributed by atoms with Gasteiger partial charge in [0.15, 0.2) is 6.61 Å². The second-order valence-corrected chi connectivity index (χ2v) is 8.10. The molecule has 2 aromatic carbocycles. The number of halogens is 1. The van der Waals surface area contributed by atoms with Gasteiger partial charge in [0, 0.05) is 12.6 Å². The first-order chi connectivity index (χ1) is 15.0. The molecule has 166 valence electrons. The average Bonchev–Trinajstić information content (AvgIpc) is 3.30. The molecule has 1 aliphatic carbocycles. The number of ether oxygens (including phenoxy) is 1. The van der Waals surface area contributed by atoms with Crippen molar-refractivity contribution in [1.82, 2.24) is 10.2 Å². The Kier molecular flexibility index (Phi) is 8.04. The van der Waals surface area contributed by atoms with E-state index in [0.29, 0.717) is 5.75 Å². The third-order valence-corrected chi connectivity index (χ3v) is 5.83. The highest BCUT2D eigenvalue weighted by Gasteiger charge is 2.28. The van der Waals surface area contributed by atoms with Gasteiger partial charge in [0.05, 0.1) is 0 Å². The van der Waals surface area contributed by atoms with Crippen molar-refractivity contribution in [2.75, 3.05) is 6.61 Å². The van der Waals surface area contributed by atoms with E-state index >= 15 is 0 Å². The summed E-state index contributed by atoms with van der Waals surface area (Å²) in [6.45, 7) is 3.83. The Morgan fingerprint density at radius 2 is 1.68 bits per heavy atom. The number of amides is 2. The second-order valence-electron chi connectivity index (χ2n) is 8.10. The molecular weight excluding hydrogens is 395 g/mol. The molecule has 0 unspecified atom stereocenters. The molecule has 31 heavy (non-hydrogen) atoms. The van der Waals surface area contributed by atoms with Crippen molar-refractivity contribution >= 4 is 11.8 Å². The SMILES string of the molecule is CCc1ccc(OCC(=O)N(Cc2ccc(F)cc2)[C@@H](C)C(=O)NC2CCCC2)cc1. The molecule has 0 aliphatic heterocycles. The molecule has 1 N–H and O–H groups in total. The zero-order chi connectivity index (χ0) is 22.2. The molecule has 1 fully saturated rings. The lowest BCUT2D eigenvalue weighted by molar-refractivity contribution is -0.142. The Hall–Kier alpha value is -2.89. The van der Waals surface area contributed by atoms with Crippen molar-refractivity contribution in [1.29, 1.82) is 0 Å². The van der Waals surface area contributed by atoms with E-state index in [0.717, 1.165) is 37.7 Å². The Morgan fingerprint density at radius 1 is 1.06 bits per heavy atom. The molecule has 0 heterocycles. The fraction of sp³-hybridized carbons (Fsp3) is 0.440. The van der Waals surface area contributed by atoms with Crippen molar-refractivity contribution < 1.29 is 18.7 Å². The predicted octanol–water partition coefficient (Wildman–Crippen LogP) is 4.24. The Bertz CT molecular complexity index is 861. The van der Waals surface area contributed by atoms with Crippen LogP contribution in [-0.4, -0.2) is 35.4 Å². The first kappa shape index (κ1) is 22.8. The lowest BCUT2D eigenvalue weighted by Crippen LogP contribution is -2.50. The van der Waals surface area contributed by atoms with Gasteiger partial charge in [-0.1, -0.05) is 44.0 Å². The van der Waals surface area contributed by atoms with Crippen LogP contribution in [0.2, 0.25) is 0 Å². The van der Waals surface area contributed by atoms with Gasteiger partial charge in [-0.15, -0.1) is 0 Å². The number of hydrogen-bond donors (Lipinski definition) is 1. The molecule has 1 aliphatic rings. The lowest BCUT2D eigenvalue weighted by Gasteiger charge is -2.29. The molecule has 3 rings (SSSR count). The third kappa shape index (κ3) is 6.54. The topological polar surface area (TPSA) is 58.6 Å². The zero-order valence-electron chi connectivity index (χ0n) is 18.3. The van der Waals surface area contributed by atoms with Crippen molar-refractivity contribution in [3.63, 3.8) is 0 Å². The summed E-state index contributed by atoms with van der Waals surface area (Å²) in [6, 6.07) is 13.1. The number of nitrogens with one attached hydrogen (secondary N) is 1. The maximum absolute atomic E-state index is 13.3. The predicted molar refractivity (Wildman–Crippen MR) is 118 cm³/mol. The molecule has 1 atom stereocenters. The first-order valence-corrected chi connectivity index (χ1v) is 11.0. The molecule has 0 radical (unpaired) electrons. The quantitative estimate of drug-likeness (QED) is 0.652. The van der Waals surface area contributed by atoms with Crippen molar-refractivity contribution in [2.24, 2.45) is 0 Å². The molecule has 1 saturated carbocycles. The molecule has 0 spiro atoms. The Labute approximate surface area is 183 Å². The van der Waals surface area contributed by atoms with Gasteiger partial charge < -0.3 is 15.0 Å². The van der Waals surface area contributed by atoms with Crippen LogP contribution in [0.3, 0.4) is 0 Å². The second kappa shape index (κ2) is 10.9. The Morgan fingerprint density at radius 3 is 2.29 bits per heavy atom. The summed E-state index contributed by atoms with van der Waals surface area (Å²) in [5.74, 6) is -0.199. The third-order valence-electron chi connectivity index (χ3n) is 5.83. The minimum atomic E-state index is -0.663. The summed E-state index contributed by atoms with van der Waals surface area (Å²) in [5, 5.41) is 3.06. The summed E-state index contributed by atoms with van der Waals surface area (Å²) in [7, 11) is 0. The van der Waals surface area contributed by atoms with Crippen LogP contribution in [-0.2, 0) is 22.6 Å². The number of carbonyl (C=O) groups excluding carboxylic acids is 2. The van der Waals surface area contributed by atoms with Crippen LogP contribution in [0.1, 0.15) is 50.7 Å². The van der Waals surface area contributed by atoms with E-state index in [2.05, 4.69) is 12.2 Å². The number of carbonyl (C=O) groups is 2. The van der Waals surface area contributed by atoms with Gasteiger partial charge in [-0.2, -0.15) is 0 Å². The van der Waals surface area contributed by atoms with Crippen molar-refractivity contribution in [3.8, 4) is 5.75 Å². The van der Waals surface area contributed by atoms with Crippen LogP contribution in [0.4, 0.5) is 4.39 Å². The van der Waals surface area contributed by atoms with E-state index in [1.165, 1.54) is 22.6 Å². The van der Waals surface area contributed by atoms with Gasteiger partial charge >= 0.3 is 0 Å². The van der Waals surface area contributed by atoms with Crippen LogP contribution in [0.5, 0.6) is 5.75 Å². The van der Waals surface area contributed by atoms with Gasteiger partial charge in [-0.3, -0.25) is 9.59 Å². The minimum Gasteiger partial charge on any atom is -0.484 e. The van der Waals surface area contributed by atoms with E-state index in [4.69, 9.17) is 4.74 Å². The normalized spacial score (nSPS) is 14.8. The standard InChI is InChI=1S/C25H31FN2O3/c1-3-19-10-14-23(15-11-19)31-17-24(29)28(16-20-8-12-21(26)13-9-20)18(2)25(30)27-22-6-4-5-7-22/h8-15,18,22H,3-7,16-17H2,1-2H3,(H,27,30)/t18-/m0/s1. The van der Waals surface area contributed by atoms with Crippen LogP contribution < -0.4 is 10.1 Å².